The molecular formula is C19H20N2O2S. The highest BCUT2D eigenvalue weighted by molar-refractivity contribution is 7.99. The average molecular weight is 340 g/mol. The topological polar surface area (TPSA) is 64.3 Å². The zero-order valence-electron chi connectivity index (χ0n) is 13.8. The van der Waals surface area contributed by atoms with Crippen LogP contribution in [0, 0.1) is 11.3 Å². The van der Waals surface area contributed by atoms with Crippen molar-refractivity contribution in [1.82, 2.24) is 4.90 Å². The van der Waals surface area contributed by atoms with E-state index in [1.165, 1.54) is 11.8 Å². The van der Waals surface area contributed by atoms with Crippen LogP contribution in [0.5, 0.6) is 0 Å². The first-order valence-electron chi connectivity index (χ1n) is 7.72. The van der Waals surface area contributed by atoms with Crippen molar-refractivity contribution in [3.8, 4) is 6.07 Å². The van der Waals surface area contributed by atoms with Gasteiger partial charge in [-0.15, -0.1) is 0 Å². The molecule has 2 rings (SSSR count). The highest BCUT2D eigenvalue weighted by Gasteiger charge is 2.17. The standard InChI is InChI=1S/C19H20N2O2S/c1-14(22)11-12-21(2)19(23)16-8-4-6-10-18(16)24-17-9-5-3-7-15(17)13-20/h3-10,14,22H,11-12H2,1-2H3. The summed E-state index contributed by atoms with van der Waals surface area (Å²) in [7, 11) is 1.73. The quantitative estimate of drug-likeness (QED) is 0.873. The van der Waals surface area contributed by atoms with Gasteiger partial charge in [-0.2, -0.15) is 5.26 Å². The minimum Gasteiger partial charge on any atom is -0.393 e. The van der Waals surface area contributed by atoms with Gasteiger partial charge >= 0.3 is 0 Å². The van der Waals surface area contributed by atoms with Crippen LogP contribution < -0.4 is 0 Å². The van der Waals surface area contributed by atoms with E-state index < -0.39 is 6.10 Å². The molecule has 0 radical (unpaired) electrons. The van der Waals surface area contributed by atoms with Gasteiger partial charge in [-0.3, -0.25) is 4.79 Å². The summed E-state index contributed by atoms with van der Waals surface area (Å²) < 4.78 is 0. The van der Waals surface area contributed by atoms with Gasteiger partial charge in [-0.05, 0) is 37.6 Å². The van der Waals surface area contributed by atoms with Gasteiger partial charge in [0.15, 0.2) is 0 Å². The zero-order chi connectivity index (χ0) is 17.5. The maximum Gasteiger partial charge on any atom is 0.254 e. The second-order valence-electron chi connectivity index (χ2n) is 5.57. The minimum atomic E-state index is -0.438. The van der Waals surface area contributed by atoms with Gasteiger partial charge < -0.3 is 10.0 Å². The highest BCUT2D eigenvalue weighted by atomic mass is 32.2. The molecule has 0 spiro atoms. The molecule has 1 atom stereocenters. The largest absolute Gasteiger partial charge is 0.393 e. The monoisotopic (exact) mass is 340 g/mol. The molecule has 2 aromatic rings. The first-order valence-corrected chi connectivity index (χ1v) is 8.54. The van der Waals surface area contributed by atoms with Crippen LogP contribution in [0.2, 0.25) is 0 Å². The number of nitriles is 1. The molecule has 1 amide bonds. The van der Waals surface area contributed by atoms with E-state index in [9.17, 15) is 15.2 Å². The van der Waals surface area contributed by atoms with Crippen LogP contribution in [0.15, 0.2) is 58.3 Å². The number of hydrogen-bond acceptors (Lipinski definition) is 4. The van der Waals surface area contributed by atoms with E-state index in [1.54, 1.807) is 31.0 Å². The Balaban J connectivity index is 2.24. The summed E-state index contributed by atoms with van der Waals surface area (Å²) in [4.78, 5) is 15.9. The number of aliphatic hydroxyl groups excluding tert-OH is 1. The van der Waals surface area contributed by atoms with Gasteiger partial charge in [-0.25, -0.2) is 0 Å². The van der Waals surface area contributed by atoms with Crippen molar-refractivity contribution in [3.05, 3.63) is 59.7 Å². The first-order chi connectivity index (χ1) is 11.5. The molecule has 124 valence electrons. The van der Waals surface area contributed by atoms with E-state index in [4.69, 9.17) is 0 Å². The summed E-state index contributed by atoms with van der Waals surface area (Å²) >= 11 is 1.42. The van der Waals surface area contributed by atoms with Crippen molar-refractivity contribution in [2.45, 2.75) is 29.2 Å². The molecule has 0 saturated carbocycles. The second kappa shape index (κ2) is 8.53. The Morgan fingerprint density at radius 3 is 2.50 bits per heavy atom. The second-order valence-corrected chi connectivity index (χ2v) is 6.65. The van der Waals surface area contributed by atoms with Crippen LogP contribution in [0.4, 0.5) is 0 Å². The van der Waals surface area contributed by atoms with Crippen LogP contribution in [0.1, 0.15) is 29.3 Å². The molecule has 0 aliphatic rings. The van der Waals surface area contributed by atoms with Gasteiger partial charge in [0, 0.05) is 23.4 Å². The smallest absolute Gasteiger partial charge is 0.254 e. The molecule has 0 aromatic heterocycles. The Morgan fingerprint density at radius 2 is 1.83 bits per heavy atom. The van der Waals surface area contributed by atoms with Gasteiger partial charge in [0.25, 0.3) is 5.91 Å². The molecule has 1 unspecified atom stereocenters. The molecule has 0 bridgehead atoms. The van der Waals surface area contributed by atoms with E-state index in [0.29, 0.717) is 24.1 Å². The van der Waals surface area contributed by atoms with E-state index >= 15 is 0 Å². The number of rotatable bonds is 6. The summed E-state index contributed by atoms with van der Waals surface area (Å²) in [6, 6.07) is 16.9. The summed E-state index contributed by atoms with van der Waals surface area (Å²) in [5, 5.41) is 18.6. The van der Waals surface area contributed by atoms with E-state index in [2.05, 4.69) is 6.07 Å². The van der Waals surface area contributed by atoms with Crippen molar-refractivity contribution in [2.24, 2.45) is 0 Å². The molecule has 0 aliphatic carbocycles. The Morgan fingerprint density at radius 1 is 1.21 bits per heavy atom. The van der Waals surface area contributed by atoms with Gasteiger partial charge in [0.1, 0.15) is 6.07 Å². The number of benzene rings is 2. The van der Waals surface area contributed by atoms with E-state index in [-0.39, 0.29) is 5.91 Å². The molecule has 4 nitrogen and oxygen atoms in total. The Bertz CT molecular complexity index is 753. The average Bonchev–Trinajstić information content (AvgIpc) is 2.60. The van der Waals surface area contributed by atoms with Crippen molar-refractivity contribution in [2.75, 3.05) is 13.6 Å². The number of nitrogens with zero attached hydrogens (tertiary/aromatic N) is 2. The number of aliphatic hydroxyl groups is 1. The van der Waals surface area contributed by atoms with Crippen LogP contribution in [0.25, 0.3) is 0 Å². The minimum absolute atomic E-state index is 0.0896. The normalized spacial score (nSPS) is 11.6. The fourth-order valence-electron chi connectivity index (χ4n) is 2.19. The van der Waals surface area contributed by atoms with Crippen molar-refractivity contribution < 1.29 is 9.90 Å². The maximum atomic E-state index is 12.7. The predicted molar refractivity (Wildman–Crippen MR) is 95.0 cm³/mol. The number of amides is 1. The van der Waals surface area contributed by atoms with Gasteiger partial charge in [0.2, 0.25) is 0 Å². The Hall–Kier alpha value is -2.29. The van der Waals surface area contributed by atoms with E-state index in [1.807, 2.05) is 36.4 Å². The van der Waals surface area contributed by atoms with E-state index in [0.717, 1.165) is 9.79 Å². The zero-order valence-corrected chi connectivity index (χ0v) is 14.6. The van der Waals surface area contributed by atoms with Gasteiger partial charge in [0.05, 0.1) is 17.2 Å². The van der Waals surface area contributed by atoms with Crippen molar-refractivity contribution in [1.29, 1.82) is 5.26 Å². The number of carbonyl (C=O) groups is 1. The summed E-state index contributed by atoms with van der Waals surface area (Å²) in [5.74, 6) is -0.0896. The van der Waals surface area contributed by atoms with Crippen LogP contribution >= 0.6 is 11.8 Å². The molecular weight excluding hydrogens is 320 g/mol. The van der Waals surface area contributed by atoms with Crippen molar-refractivity contribution >= 4 is 17.7 Å². The molecule has 2 aromatic carbocycles. The molecule has 0 aliphatic heterocycles. The lowest BCUT2D eigenvalue weighted by Crippen LogP contribution is -2.29. The molecule has 0 heterocycles. The third kappa shape index (κ3) is 4.60. The molecule has 1 N–H and O–H groups in total. The van der Waals surface area contributed by atoms with Crippen molar-refractivity contribution in [3.63, 3.8) is 0 Å². The van der Waals surface area contributed by atoms with Crippen LogP contribution in [-0.4, -0.2) is 35.6 Å². The molecule has 0 fully saturated rings. The fourth-order valence-corrected chi connectivity index (χ4v) is 3.21. The summed E-state index contributed by atoms with van der Waals surface area (Å²) in [6.45, 7) is 2.20. The lowest BCUT2D eigenvalue weighted by molar-refractivity contribution is 0.0765. The fraction of sp³-hybridized carbons (Fsp3) is 0.263. The molecule has 24 heavy (non-hydrogen) atoms. The summed E-state index contributed by atoms with van der Waals surface area (Å²) in [6.07, 6.45) is 0.0989. The Labute approximate surface area is 146 Å². The van der Waals surface area contributed by atoms with Gasteiger partial charge in [-0.1, -0.05) is 36.0 Å². The molecule has 5 heteroatoms. The maximum absolute atomic E-state index is 12.7. The number of carbonyl (C=O) groups excluding carboxylic acids is 1. The summed E-state index contributed by atoms with van der Waals surface area (Å²) in [5.41, 5.74) is 1.19. The molecule has 0 saturated heterocycles. The lowest BCUT2D eigenvalue weighted by atomic mass is 10.2. The SMILES string of the molecule is CC(O)CCN(C)C(=O)c1ccccc1Sc1ccccc1C#N. The Kier molecular flexibility index (Phi) is 6.42. The lowest BCUT2D eigenvalue weighted by Gasteiger charge is -2.19. The highest BCUT2D eigenvalue weighted by Crippen LogP contribution is 2.33. The third-order valence-corrected chi connectivity index (χ3v) is 4.73. The first kappa shape index (κ1) is 18.1. The van der Waals surface area contributed by atoms with Crippen LogP contribution in [-0.2, 0) is 0 Å². The van der Waals surface area contributed by atoms with Crippen LogP contribution in [0.3, 0.4) is 0 Å². The number of hydrogen-bond donors (Lipinski definition) is 1. The third-order valence-electron chi connectivity index (χ3n) is 3.57. The predicted octanol–water partition coefficient (Wildman–Crippen LogP) is 3.55.